The van der Waals surface area contributed by atoms with Gasteiger partial charge in [0.2, 0.25) is 17.6 Å². The van der Waals surface area contributed by atoms with Crippen LogP contribution in [-0.2, 0) is 11.2 Å². The van der Waals surface area contributed by atoms with Crippen molar-refractivity contribution in [3.63, 3.8) is 0 Å². The predicted octanol–water partition coefficient (Wildman–Crippen LogP) is 3.75. The number of hydrogen-bond donors (Lipinski definition) is 0. The number of carbonyl (C=O) groups is 1. The third-order valence-electron chi connectivity index (χ3n) is 5.77. The highest BCUT2D eigenvalue weighted by atomic mass is 16.5. The van der Waals surface area contributed by atoms with Crippen molar-refractivity contribution in [3.8, 4) is 17.1 Å². The predicted molar refractivity (Wildman–Crippen MR) is 103 cm³/mol. The monoisotopic (exact) mass is 375 g/mol. The maximum atomic E-state index is 12.7. The van der Waals surface area contributed by atoms with Gasteiger partial charge in [0, 0.05) is 13.0 Å². The van der Waals surface area contributed by atoms with Crippen molar-refractivity contribution in [3.05, 3.63) is 65.5 Å². The molecule has 1 aliphatic carbocycles. The molecule has 2 unspecified atom stereocenters. The smallest absolute Gasteiger partial charge is 0.232 e. The van der Waals surface area contributed by atoms with Gasteiger partial charge in [-0.25, -0.2) is 0 Å². The molecule has 1 saturated heterocycles. The maximum Gasteiger partial charge on any atom is 0.232 e. The molecule has 5 rings (SSSR count). The van der Waals surface area contributed by atoms with Crippen LogP contribution < -0.4 is 4.74 Å². The lowest BCUT2D eigenvalue weighted by Gasteiger charge is -2.25. The SMILES string of the molecule is COc1ccccc1-c1noc(C2CC(=O)N(C3CCc4ccccc43)C2)n1. The standard InChI is InChI=1S/C22H21N3O3/c1-27-19-9-5-4-8-17(19)21-23-22(28-24-21)15-12-20(26)25(13-15)18-11-10-14-6-2-3-7-16(14)18/h2-9,15,18H,10-13H2,1H3. The Kier molecular flexibility index (Phi) is 4.11. The second-order valence-electron chi connectivity index (χ2n) is 7.36. The number of aromatic nitrogens is 2. The first-order valence-electron chi connectivity index (χ1n) is 9.59. The van der Waals surface area contributed by atoms with Crippen molar-refractivity contribution >= 4 is 5.91 Å². The third kappa shape index (κ3) is 2.76. The summed E-state index contributed by atoms with van der Waals surface area (Å²) in [6.45, 7) is 0.616. The Morgan fingerprint density at radius 3 is 2.86 bits per heavy atom. The molecule has 0 N–H and O–H groups in total. The van der Waals surface area contributed by atoms with Crippen LogP contribution in [0.1, 0.15) is 41.8 Å². The maximum absolute atomic E-state index is 12.7. The Morgan fingerprint density at radius 1 is 1.14 bits per heavy atom. The molecule has 28 heavy (non-hydrogen) atoms. The van der Waals surface area contributed by atoms with E-state index in [0.717, 1.165) is 18.4 Å². The fraction of sp³-hybridized carbons (Fsp3) is 0.318. The van der Waals surface area contributed by atoms with E-state index in [9.17, 15) is 4.79 Å². The molecule has 6 nitrogen and oxygen atoms in total. The molecule has 142 valence electrons. The van der Waals surface area contributed by atoms with Gasteiger partial charge in [-0.3, -0.25) is 4.79 Å². The molecule has 0 radical (unpaired) electrons. The van der Waals surface area contributed by atoms with E-state index in [1.54, 1.807) is 7.11 Å². The molecule has 1 amide bonds. The summed E-state index contributed by atoms with van der Waals surface area (Å²) < 4.78 is 10.9. The molecule has 2 atom stereocenters. The minimum Gasteiger partial charge on any atom is -0.496 e. The van der Waals surface area contributed by atoms with E-state index in [-0.39, 0.29) is 17.9 Å². The molecule has 0 saturated carbocycles. The van der Waals surface area contributed by atoms with Gasteiger partial charge in [-0.2, -0.15) is 4.98 Å². The van der Waals surface area contributed by atoms with E-state index >= 15 is 0 Å². The minimum atomic E-state index is -0.0729. The summed E-state index contributed by atoms with van der Waals surface area (Å²) in [6.07, 6.45) is 2.41. The fourth-order valence-electron chi connectivity index (χ4n) is 4.40. The molecular formula is C22H21N3O3. The highest BCUT2D eigenvalue weighted by molar-refractivity contribution is 5.80. The molecule has 2 heterocycles. The third-order valence-corrected chi connectivity index (χ3v) is 5.77. The van der Waals surface area contributed by atoms with Crippen molar-refractivity contribution in [2.75, 3.05) is 13.7 Å². The van der Waals surface area contributed by atoms with Crippen LogP contribution in [0.4, 0.5) is 0 Å². The van der Waals surface area contributed by atoms with E-state index in [4.69, 9.17) is 9.26 Å². The van der Waals surface area contributed by atoms with Crippen LogP contribution in [0.25, 0.3) is 11.4 Å². The van der Waals surface area contributed by atoms with Gasteiger partial charge < -0.3 is 14.2 Å². The van der Waals surface area contributed by atoms with Crippen LogP contribution in [-0.4, -0.2) is 34.6 Å². The Hall–Kier alpha value is -3.15. The lowest BCUT2D eigenvalue weighted by molar-refractivity contribution is -0.129. The average Bonchev–Trinajstić information content (AvgIpc) is 3.45. The molecule has 0 spiro atoms. The molecule has 0 bridgehead atoms. The molecular weight excluding hydrogens is 354 g/mol. The number of ether oxygens (including phenoxy) is 1. The number of benzene rings is 2. The largest absolute Gasteiger partial charge is 0.496 e. The molecule has 3 aromatic rings. The van der Waals surface area contributed by atoms with Crippen LogP contribution >= 0.6 is 0 Å². The molecule has 1 fully saturated rings. The summed E-state index contributed by atoms with van der Waals surface area (Å²) in [5.74, 6) is 1.79. The van der Waals surface area contributed by atoms with Gasteiger partial charge in [0.05, 0.1) is 24.6 Å². The quantitative estimate of drug-likeness (QED) is 0.695. The summed E-state index contributed by atoms with van der Waals surface area (Å²) >= 11 is 0. The highest BCUT2D eigenvalue weighted by Gasteiger charge is 2.40. The Balaban J connectivity index is 1.38. The first-order chi connectivity index (χ1) is 13.7. The summed E-state index contributed by atoms with van der Waals surface area (Å²) in [5, 5.41) is 4.13. The summed E-state index contributed by atoms with van der Waals surface area (Å²) in [7, 11) is 1.62. The lowest BCUT2D eigenvalue weighted by atomic mass is 10.1. The fourth-order valence-corrected chi connectivity index (χ4v) is 4.40. The summed E-state index contributed by atoms with van der Waals surface area (Å²) in [6, 6.07) is 16.1. The zero-order chi connectivity index (χ0) is 19.1. The van der Waals surface area contributed by atoms with E-state index in [1.807, 2.05) is 35.2 Å². The van der Waals surface area contributed by atoms with Gasteiger partial charge in [-0.05, 0) is 36.1 Å². The van der Waals surface area contributed by atoms with Crippen molar-refractivity contribution in [1.82, 2.24) is 15.0 Å². The second kappa shape index (κ2) is 6.78. The van der Waals surface area contributed by atoms with Crippen LogP contribution in [0.3, 0.4) is 0 Å². The normalized spacial score (nSPS) is 21.2. The van der Waals surface area contributed by atoms with Gasteiger partial charge in [0.1, 0.15) is 5.75 Å². The van der Waals surface area contributed by atoms with Gasteiger partial charge >= 0.3 is 0 Å². The summed E-state index contributed by atoms with van der Waals surface area (Å²) in [4.78, 5) is 19.3. The van der Waals surface area contributed by atoms with Gasteiger partial charge in [-0.1, -0.05) is 41.6 Å². The van der Waals surface area contributed by atoms with E-state index in [0.29, 0.717) is 30.4 Å². The minimum absolute atomic E-state index is 0.0729. The van der Waals surface area contributed by atoms with E-state index in [2.05, 4.69) is 28.3 Å². The number of nitrogens with zero attached hydrogens (tertiary/aromatic N) is 3. The number of aryl methyl sites for hydroxylation is 1. The average molecular weight is 375 g/mol. The molecule has 1 aromatic heterocycles. The Morgan fingerprint density at radius 2 is 1.96 bits per heavy atom. The van der Waals surface area contributed by atoms with Crippen LogP contribution in [0, 0.1) is 0 Å². The van der Waals surface area contributed by atoms with Crippen molar-refractivity contribution < 1.29 is 14.1 Å². The number of rotatable bonds is 4. The topological polar surface area (TPSA) is 68.5 Å². The van der Waals surface area contributed by atoms with Gasteiger partial charge in [0.25, 0.3) is 0 Å². The number of amides is 1. The molecule has 6 heteroatoms. The van der Waals surface area contributed by atoms with Crippen LogP contribution in [0.15, 0.2) is 53.1 Å². The number of hydrogen-bond acceptors (Lipinski definition) is 5. The molecule has 1 aliphatic heterocycles. The van der Waals surface area contributed by atoms with Crippen LogP contribution in [0.5, 0.6) is 5.75 Å². The number of methoxy groups -OCH3 is 1. The number of para-hydroxylation sites is 1. The number of likely N-dealkylation sites (tertiary alicyclic amines) is 1. The van der Waals surface area contributed by atoms with Crippen molar-refractivity contribution in [2.45, 2.75) is 31.2 Å². The lowest BCUT2D eigenvalue weighted by Crippen LogP contribution is -2.28. The zero-order valence-electron chi connectivity index (χ0n) is 15.7. The first kappa shape index (κ1) is 17.0. The Bertz CT molecular complexity index is 1030. The van der Waals surface area contributed by atoms with E-state index in [1.165, 1.54) is 11.1 Å². The summed E-state index contributed by atoms with van der Waals surface area (Å²) in [5.41, 5.74) is 3.41. The van der Waals surface area contributed by atoms with Gasteiger partial charge in [-0.15, -0.1) is 0 Å². The van der Waals surface area contributed by atoms with Crippen molar-refractivity contribution in [2.24, 2.45) is 0 Å². The van der Waals surface area contributed by atoms with Crippen molar-refractivity contribution in [1.29, 1.82) is 0 Å². The van der Waals surface area contributed by atoms with Crippen LogP contribution in [0.2, 0.25) is 0 Å². The Labute approximate surface area is 163 Å². The first-order valence-corrected chi connectivity index (χ1v) is 9.59. The molecule has 2 aliphatic rings. The highest BCUT2D eigenvalue weighted by Crippen LogP contribution is 2.41. The van der Waals surface area contributed by atoms with E-state index < -0.39 is 0 Å². The molecule has 2 aromatic carbocycles. The number of fused-ring (bicyclic) bond motifs is 1. The zero-order valence-corrected chi connectivity index (χ0v) is 15.7. The second-order valence-corrected chi connectivity index (χ2v) is 7.36. The van der Waals surface area contributed by atoms with Gasteiger partial charge in [0.15, 0.2) is 0 Å². The number of carbonyl (C=O) groups excluding carboxylic acids is 1.